The molecule has 6 heteroatoms. The first kappa shape index (κ1) is 14.9. The summed E-state index contributed by atoms with van der Waals surface area (Å²) in [4.78, 5) is 25.8. The van der Waals surface area contributed by atoms with Gasteiger partial charge >= 0.3 is 0 Å². The van der Waals surface area contributed by atoms with Crippen molar-refractivity contribution in [2.75, 3.05) is 34.2 Å². The van der Waals surface area contributed by atoms with Gasteiger partial charge in [-0.25, -0.2) is 0 Å². The molecule has 0 saturated carbocycles. The predicted octanol–water partition coefficient (Wildman–Crippen LogP) is -1.40. The average molecular weight is 230 g/mol. The quantitative estimate of drug-likeness (QED) is 0.562. The lowest BCUT2D eigenvalue weighted by Crippen LogP contribution is -2.44. The largest absolute Gasteiger partial charge is 0.370 e. The van der Waals surface area contributed by atoms with Crippen molar-refractivity contribution in [1.29, 1.82) is 0 Å². The highest BCUT2D eigenvalue weighted by atomic mass is 16.2. The van der Waals surface area contributed by atoms with E-state index in [1.165, 1.54) is 4.90 Å². The highest BCUT2D eigenvalue weighted by molar-refractivity contribution is 5.87. The zero-order valence-electron chi connectivity index (χ0n) is 10.3. The number of nitrogens with zero attached hydrogens (tertiary/aromatic N) is 2. The number of carbonyl (C=O) groups excluding carboxylic acids is 2. The predicted molar refractivity (Wildman–Crippen MR) is 62.6 cm³/mol. The molecule has 0 aliphatic carbocycles. The minimum atomic E-state index is -0.818. The Hall–Kier alpha value is -1.14. The molecule has 4 N–H and O–H groups in total. The molecule has 0 heterocycles. The Kier molecular flexibility index (Phi) is 6.67. The maximum Gasteiger partial charge on any atom is 0.239 e. The maximum atomic E-state index is 11.6. The maximum absolute atomic E-state index is 11.6. The highest BCUT2D eigenvalue weighted by Gasteiger charge is 2.19. The Morgan fingerprint density at radius 1 is 1.19 bits per heavy atom. The summed E-state index contributed by atoms with van der Waals surface area (Å²) >= 11 is 0. The fraction of sp³-hybridized carbons (Fsp3) is 0.800. The Morgan fingerprint density at radius 2 is 1.75 bits per heavy atom. The van der Waals surface area contributed by atoms with E-state index < -0.39 is 11.9 Å². The van der Waals surface area contributed by atoms with Crippen molar-refractivity contribution < 1.29 is 9.59 Å². The van der Waals surface area contributed by atoms with Gasteiger partial charge in [-0.05, 0) is 27.1 Å². The van der Waals surface area contributed by atoms with Crippen molar-refractivity contribution in [2.45, 2.75) is 18.9 Å². The molecule has 0 saturated heterocycles. The lowest BCUT2D eigenvalue weighted by atomic mass is 10.2. The fourth-order valence-electron chi connectivity index (χ4n) is 1.32. The second-order valence-electron chi connectivity index (χ2n) is 4.19. The molecular formula is C10H22N4O2. The topological polar surface area (TPSA) is 92.7 Å². The van der Waals surface area contributed by atoms with Gasteiger partial charge < -0.3 is 21.3 Å². The van der Waals surface area contributed by atoms with Gasteiger partial charge in [-0.1, -0.05) is 0 Å². The number of nitrogens with two attached hydrogens (primary N) is 2. The first-order valence-electron chi connectivity index (χ1n) is 5.28. The third kappa shape index (κ3) is 6.36. The smallest absolute Gasteiger partial charge is 0.239 e. The molecule has 2 amide bonds. The number of amides is 2. The van der Waals surface area contributed by atoms with E-state index in [9.17, 15) is 9.59 Å². The van der Waals surface area contributed by atoms with E-state index in [2.05, 4.69) is 0 Å². The van der Waals surface area contributed by atoms with Crippen LogP contribution in [0.25, 0.3) is 0 Å². The van der Waals surface area contributed by atoms with Gasteiger partial charge in [-0.3, -0.25) is 9.59 Å². The minimum Gasteiger partial charge on any atom is -0.370 e. The summed E-state index contributed by atoms with van der Waals surface area (Å²) in [5.74, 6) is -0.792. The second kappa shape index (κ2) is 7.19. The monoisotopic (exact) mass is 230 g/mol. The average Bonchev–Trinajstić information content (AvgIpc) is 2.14. The number of likely N-dealkylation sites (N-methyl/N-ethyl adjacent to an activating group) is 1. The van der Waals surface area contributed by atoms with E-state index in [4.69, 9.17) is 11.5 Å². The van der Waals surface area contributed by atoms with Crippen molar-refractivity contribution in [3.05, 3.63) is 0 Å². The Bertz CT molecular complexity index is 243. The molecule has 0 aliphatic heterocycles. The molecule has 0 aromatic rings. The summed E-state index contributed by atoms with van der Waals surface area (Å²) in [6.07, 6.45) is 0.773. The van der Waals surface area contributed by atoms with E-state index in [1.807, 2.05) is 19.0 Å². The Morgan fingerprint density at radius 3 is 2.19 bits per heavy atom. The molecular weight excluding hydrogens is 208 g/mol. The molecule has 0 radical (unpaired) electrons. The van der Waals surface area contributed by atoms with Crippen LogP contribution in [0.4, 0.5) is 0 Å². The minimum absolute atomic E-state index is 0.100. The van der Waals surface area contributed by atoms with Crippen molar-refractivity contribution >= 4 is 11.8 Å². The van der Waals surface area contributed by atoms with Gasteiger partial charge in [-0.2, -0.15) is 0 Å². The van der Waals surface area contributed by atoms with E-state index in [0.717, 1.165) is 13.0 Å². The summed E-state index contributed by atoms with van der Waals surface area (Å²) in [5, 5.41) is 0. The lowest BCUT2D eigenvalue weighted by molar-refractivity contribution is -0.133. The lowest BCUT2D eigenvalue weighted by Gasteiger charge is -2.21. The number of primary amides is 1. The summed E-state index contributed by atoms with van der Waals surface area (Å²) < 4.78 is 0. The summed E-state index contributed by atoms with van der Waals surface area (Å²) in [6.45, 7) is 1.53. The highest BCUT2D eigenvalue weighted by Crippen LogP contribution is 1.96. The third-order valence-electron chi connectivity index (χ3n) is 2.21. The van der Waals surface area contributed by atoms with Crippen LogP contribution in [0.3, 0.4) is 0 Å². The van der Waals surface area contributed by atoms with E-state index in [0.29, 0.717) is 6.54 Å². The van der Waals surface area contributed by atoms with Gasteiger partial charge in [0, 0.05) is 13.6 Å². The van der Waals surface area contributed by atoms with E-state index >= 15 is 0 Å². The SMILES string of the molecule is CN(C)CCCN(C)C(=O)C(N)CC(N)=O. The molecule has 0 spiro atoms. The molecule has 0 fully saturated rings. The first-order valence-corrected chi connectivity index (χ1v) is 5.28. The van der Waals surface area contributed by atoms with Gasteiger partial charge in [0.1, 0.15) is 0 Å². The van der Waals surface area contributed by atoms with Gasteiger partial charge in [-0.15, -0.1) is 0 Å². The van der Waals surface area contributed by atoms with Crippen LogP contribution in [0.1, 0.15) is 12.8 Å². The molecule has 6 nitrogen and oxygen atoms in total. The van der Waals surface area contributed by atoms with Crippen molar-refractivity contribution in [3.8, 4) is 0 Å². The molecule has 0 rings (SSSR count). The molecule has 16 heavy (non-hydrogen) atoms. The molecule has 0 aromatic carbocycles. The van der Waals surface area contributed by atoms with Crippen LogP contribution in [0.2, 0.25) is 0 Å². The summed E-state index contributed by atoms with van der Waals surface area (Å²) in [5.41, 5.74) is 10.5. The van der Waals surface area contributed by atoms with Crippen LogP contribution < -0.4 is 11.5 Å². The van der Waals surface area contributed by atoms with Gasteiger partial charge in [0.05, 0.1) is 12.5 Å². The van der Waals surface area contributed by atoms with Crippen LogP contribution >= 0.6 is 0 Å². The standard InChI is InChI=1S/C10H22N4O2/c1-13(2)5-4-6-14(3)10(16)8(11)7-9(12)15/h8H,4-7,11H2,1-3H3,(H2,12,15). The fourth-order valence-corrected chi connectivity index (χ4v) is 1.32. The molecule has 94 valence electrons. The van der Waals surface area contributed by atoms with Crippen LogP contribution in [-0.4, -0.2) is 61.9 Å². The molecule has 0 aromatic heterocycles. The number of carbonyl (C=O) groups is 2. The molecule has 1 unspecified atom stereocenters. The van der Waals surface area contributed by atoms with Crippen LogP contribution in [0, 0.1) is 0 Å². The number of hydrogen-bond donors (Lipinski definition) is 2. The third-order valence-corrected chi connectivity index (χ3v) is 2.21. The number of rotatable bonds is 7. The second-order valence-corrected chi connectivity index (χ2v) is 4.19. The Labute approximate surface area is 96.5 Å². The zero-order chi connectivity index (χ0) is 12.7. The van der Waals surface area contributed by atoms with Crippen molar-refractivity contribution in [3.63, 3.8) is 0 Å². The summed E-state index contributed by atoms with van der Waals surface area (Å²) in [7, 11) is 5.63. The van der Waals surface area contributed by atoms with Crippen molar-refractivity contribution in [2.24, 2.45) is 11.5 Å². The first-order chi connectivity index (χ1) is 7.34. The molecule has 1 atom stereocenters. The summed E-state index contributed by atoms with van der Waals surface area (Å²) in [6, 6.07) is -0.818. The Balaban J connectivity index is 3.93. The molecule has 0 aliphatic rings. The van der Waals surface area contributed by atoms with Crippen molar-refractivity contribution in [1.82, 2.24) is 9.80 Å². The van der Waals surface area contributed by atoms with Gasteiger partial charge in [0.25, 0.3) is 0 Å². The normalized spacial score (nSPS) is 12.6. The zero-order valence-corrected chi connectivity index (χ0v) is 10.3. The van der Waals surface area contributed by atoms with Gasteiger partial charge in [0.15, 0.2) is 0 Å². The van der Waals surface area contributed by atoms with Crippen LogP contribution in [-0.2, 0) is 9.59 Å². The van der Waals surface area contributed by atoms with Gasteiger partial charge in [0.2, 0.25) is 11.8 Å². The van der Waals surface area contributed by atoms with Crippen LogP contribution in [0.15, 0.2) is 0 Å². The van der Waals surface area contributed by atoms with Crippen LogP contribution in [0.5, 0.6) is 0 Å². The molecule has 0 bridgehead atoms. The van der Waals surface area contributed by atoms with E-state index in [1.54, 1.807) is 7.05 Å². The number of hydrogen-bond acceptors (Lipinski definition) is 4. The van der Waals surface area contributed by atoms with E-state index in [-0.39, 0.29) is 12.3 Å².